The Kier molecular flexibility index (Phi) is 3.56. The van der Waals surface area contributed by atoms with Crippen LogP contribution in [0.15, 0.2) is 12.1 Å². The Bertz CT molecular complexity index is 825. The van der Waals surface area contributed by atoms with Crippen LogP contribution >= 0.6 is 11.5 Å². The monoisotopic (exact) mass is 330 g/mol. The molecule has 0 N–H and O–H groups in total. The largest absolute Gasteiger partial charge is 0.353 e. The molecule has 23 heavy (non-hydrogen) atoms. The van der Waals surface area contributed by atoms with Crippen LogP contribution in [0.4, 0.5) is 10.9 Å². The third kappa shape index (κ3) is 2.83. The zero-order valence-electron chi connectivity index (χ0n) is 13.2. The molecule has 4 rings (SSSR count). The topological polar surface area (TPSA) is 75.3 Å². The van der Waals surface area contributed by atoms with Crippen molar-refractivity contribution in [1.29, 1.82) is 0 Å². The highest BCUT2D eigenvalue weighted by atomic mass is 32.1. The smallest absolute Gasteiger partial charge is 0.205 e. The first-order valence-corrected chi connectivity index (χ1v) is 8.47. The second-order valence-electron chi connectivity index (χ2n) is 5.65. The second-order valence-corrected chi connectivity index (χ2v) is 6.38. The van der Waals surface area contributed by atoms with Crippen molar-refractivity contribution in [3.05, 3.63) is 23.8 Å². The molecular weight excluding hydrogens is 312 g/mol. The molecule has 3 aromatic heterocycles. The minimum atomic E-state index is 0.739. The summed E-state index contributed by atoms with van der Waals surface area (Å²) in [5.41, 5.74) is 0.784. The fraction of sp³-hybridized carbons (Fsp3) is 0.500. The first kappa shape index (κ1) is 14.3. The van der Waals surface area contributed by atoms with E-state index in [9.17, 15) is 0 Å². The van der Waals surface area contributed by atoms with E-state index in [1.165, 1.54) is 11.5 Å². The van der Waals surface area contributed by atoms with Gasteiger partial charge in [0.1, 0.15) is 11.6 Å². The van der Waals surface area contributed by atoms with Crippen molar-refractivity contribution >= 4 is 28.1 Å². The molecule has 0 aliphatic carbocycles. The Balaban J connectivity index is 1.53. The van der Waals surface area contributed by atoms with Crippen LogP contribution in [0.25, 0.3) is 5.65 Å². The second kappa shape index (κ2) is 5.73. The van der Waals surface area contributed by atoms with Gasteiger partial charge in [-0.1, -0.05) is 0 Å². The average Bonchev–Trinajstić information content (AvgIpc) is 3.03. The zero-order valence-corrected chi connectivity index (χ0v) is 14.0. The van der Waals surface area contributed by atoms with E-state index >= 15 is 0 Å². The van der Waals surface area contributed by atoms with Crippen molar-refractivity contribution in [3.8, 4) is 0 Å². The Morgan fingerprint density at radius 3 is 2.57 bits per heavy atom. The number of rotatable bonds is 2. The van der Waals surface area contributed by atoms with Gasteiger partial charge in [0.05, 0.1) is 0 Å². The molecule has 1 fully saturated rings. The van der Waals surface area contributed by atoms with Crippen molar-refractivity contribution in [1.82, 2.24) is 29.2 Å². The average molecular weight is 330 g/mol. The van der Waals surface area contributed by atoms with Crippen molar-refractivity contribution < 1.29 is 0 Å². The third-order valence-corrected chi connectivity index (χ3v) is 4.77. The highest BCUT2D eigenvalue weighted by molar-refractivity contribution is 7.09. The molecule has 0 atom stereocenters. The molecule has 0 radical (unpaired) electrons. The summed E-state index contributed by atoms with van der Waals surface area (Å²) in [6, 6.07) is 3.99. The lowest BCUT2D eigenvalue weighted by Gasteiger charge is -2.21. The zero-order chi connectivity index (χ0) is 15.8. The molecule has 1 aliphatic heterocycles. The summed E-state index contributed by atoms with van der Waals surface area (Å²) in [5, 5.41) is 9.90. The molecule has 0 unspecified atom stereocenters. The van der Waals surface area contributed by atoms with Gasteiger partial charge in [-0.05, 0) is 32.4 Å². The standard InChI is InChI=1S/C14H18N8S/c1-10-15-12-4-5-13(18-22(12)17-10)20-6-3-7-21(9-8-20)14-16-11(2)19-23-14/h4-5H,3,6-9H2,1-2H3. The van der Waals surface area contributed by atoms with E-state index in [4.69, 9.17) is 0 Å². The van der Waals surface area contributed by atoms with E-state index < -0.39 is 0 Å². The fourth-order valence-electron chi connectivity index (χ4n) is 2.80. The number of anilines is 2. The van der Waals surface area contributed by atoms with Crippen molar-refractivity contribution in [3.63, 3.8) is 0 Å². The van der Waals surface area contributed by atoms with E-state index in [1.54, 1.807) is 4.63 Å². The van der Waals surface area contributed by atoms with Crippen LogP contribution in [0.5, 0.6) is 0 Å². The van der Waals surface area contributed by atoms with Gasteiger partial charge in [0.15, 0.2) is 11.5 Å². The molecule has 8 nitrogen and oxygen atoms in total. The molecule has 120 valence electrons. The molecule has 0 saturated carbocycles. The summed E-state index contributed by atoms with van der Waals surface area (Å²) in [7, 11) is 0. The molecular formula is C14H18N8S. The summed E-state index contributed by atoms with van der Waals surface area (Å²) < 4.78 is 5.89. The number of fused-ring (bicyclic) bond motifs is 1. The van der Waals surface area contributed by atoms with Gasteiger partial charge in [-0.25, -0.2) is 9.97 Å². The van der Waals surface area contributed by atoms with Gasteiger partial charge in [-0.3, -0.25) is 0 Å². The molecule has 3 aromatic rings. The minimum absolute atomic E-state index is 0.739. The highest BCUT2D eigenvalue weighted by Crippen LogP contribution is 2.20. The van der Waals surface area contributed by atoms with Crippen molar-refractivity contribution in [2.45, 2.75) is 20.3 Å². The molecule has 1 saturated heterocycles. The van der Waals surface area contributed by atoms with Crippen LogP contribution in [-0.4, -0.2) is 55.3 Å². The van der Waals surface area contributed by atoms with Gasteiger partial charge in [0.25, 0.3) is 0 Å². The van der Waals surface area contributed by atoms with Crippen LogP contribution in [0.1, 0.15) is 18.1 Å². The number of aryl methyl sites for hydroxylation is 2. The molecule has 4 heterocycles. The Morgan fingerprint density at radius 2 is 1.74 bits per heavy atom. The number of hydrogen-bond donors (Lipinski definition) is 0. The fourth-order valence-corrected chi connectivity index (χ4v) is 3.52. The molecule has 9 heteroatoms. The van der Waals surface area contributed by atoms with E-state index in [0.29, 0.717) is 0 Å². The lowest BCUT2D eigenvalue weighted by molar-refractivity contribution is 0.737. The van der Waals surface area contributed by atoms with Crippen LogP contribution in [0, 0.1) is 13.8 Å². The van der Waals surface area contributed by atoms with Crippen LogP contribution < -0.4 is 9.80 Å². The maximum absolute atomic E-state index is 4.59. The van der Waals surface area contributed by atoms with E-state index in [-0.39, 0.29) is 0 Å². The van der Waals surface area contributed by atoms with Gasteiger partial charge in [0, 0.05) is 37.7 Å². The van der Waals surface area contributed by atoms with Crippen molar-refractivity contribution in [2.75, 3.05) is 36.0 Å². The Morgan fingerprint density at radius 1 is 0.913 bits per heavy atom. The number of nitrogens with zero attached hydrogens (tertiary/aromatic N) is 8. The lowest BCUT2D eigenvalue weighted by Crippen LogP contribution is -2.31. The van der Waals surface area contributed by atoms with Gasteiger partial charge in [0.2, 0.25) is 5.13 Å². The van der Waals surface area contributed by atoms with Crippen LogP contribution in [0.2, 0.25) is 0 Å². The van der Waals surface area contributed by atoms with Gasteiger partial charge < -0.3 is 9.80 Å². The molecule has 1 aliphatic rings. The predicted octanol–water partition coefficient (Wildman–Crippen LogP) is 1.31. The van der Waals surface area contributed by atoms with Crippen molar-refractivity contribution in [2.24, 2.45) is 0 Å². The number of hydrogen-bond acceptors (Lipinski definition) is 8. The normalized spacial score (nSPS) is 16.1. The van der Waals surface area contributed by atoms with Gasteiger partial charge in [-0.2, -0.15) is 4.37 Å². The Hall–Kier alpha value is -2.29. The van der Waals surface area contributed by atoms with E-state index in [2.05, 4.69) is 34.3 Å². The Labute approximate surface area is 137 Å². The third-order valence-electron chi connectivity index (χ3n) is 3.91. The predicted molar refractivity (Wildman–Crippen MR) is 89.2 cm³/mol. The molecule has 0 aromatic carbocycles. The summed E-state index contributed by atoms with van der Waals surface area (Å²) in [4.78, 5) is 13.4. The summed E-state index contributed by atoms with van der Waals surface area (Å²) in [5.74, 6) is 2.53. The quantitative estimate of drug-likeness (QED) is 0.701. The maximum atomic E-state index is 4.59. The highest BCUT2D eigenvalue weighted by Gasteiger charge is 2.19. The summed E-state index contributed by atoms with van der Waals surface area (Å²) in [6.07, 6.45) is 1.06. The van der Waals surface area contributed by atoms with Gasteiger partial charge >= 0.3 is 0 Å². The number of aromatic nitrogens is 6. The van der Waals surface area contributed by atoms with Gasteiger partial charge in [-0.15, -0.1) is 14.8 Å². The minimum Gasteiger partial charge on any atom is -0.353 e. The lowest BCUT2D eigenvalue weighted by atomic mass is 10.4. The van der Waals surface area contributed by atoms with E-state index in [1.807, 2.05) is 26.0 Å². The van der Waals surface area contributed by atoms with Crippen LogP contribution in [0.3, 0.4) is 0 Å². The SMILES string of the molecule is Cc1nsc(N2CCCN(c3ccc4nc(C)nn4n3)CC2)n1. The molecule has 0 bridgehead atoms. The molecule has 0 amide bonds. The molecule has 0 spiro atoms. The first-order chi connectivity index (χ1) is 11.2. The first-order valence-electron chi connectivity index (χ1n) is 7.70. The summed E-state index contributed by atoms with van der Waals surface area (Å²) >= 11 is 1.48. The summed E-state index contributed by atoms with van der Waals surface area (Å²) in [6.45, 7) is 7.61. The van der Waals surface area contributed by atoms with Crippen LogP contribution in [-0.2, 0) is 0 Å². The maximum Gasteiger partial charge on any atom is 0.205 e. The van der Waals surface area contributed by atoms with E-state index in [0.717, 1.165) is 60.8 Å².